The van der Waals surface area contributed by atoms with E-state index in [0.29, 0.717) is 6.10 Å². The maximum absolute atomic E-state index is 5.53. The van der Waals surface area contributed by atoms with Crippen LogP contribution in [0.25, 0.3) is 0 Å². The SMILES string of the molecule is CC(N)CCOC1COC1. The zero-order valence-electron chi connectivity index (χ0n) is 6.38. The molecule has 3 heteroatoms. The first-order chi connectivity index (χ1) is 4.79. The summed E-state index contributed by atoms with van der Waals surface area (Å²) in [6, 6.07) is 0.251. The summed E-state index contributed by atoms with van der Waals surface area (Å²) in [6.45, 7) is 4.28. The molecule has 2 N–H and O–H groups in total. The zero-order chi connectivity index (χ0) is 7.40. The van der Waals surface area contributed by atoms with Gasteiger partial charge >= 0.3 is 0 Å². The molecule has 1 rings (SSSR count). The van der Waals surface area contributed by atoms with E-state index < -0.39 is 0 Å². The number of hydrogen-bond acceptors (Lipinski definition) is 3. The molecule has 0 amide bonds. The maximum atomic E-state index is 5.53. The molecule has 60 valence electrons. The molecule has 10 heavy (non-hydrogen) atoms. The summed E-state index contributed by atoms with van der Waals surface area (Å²) in [5.41, 5.74) is 5.53. The normalized spacial score (nSPS) is 22.2. The fourth-order valence-electron chi connectivity index (χ4n) is 0.731. The van der Waals surface area contributed by atoms with Crippen LogP contribution >= 0.6 is 0 Å². The van der Waals surface area contributed by atoms with Crippen LogP contribution in [0.15, 0.2) is 0 Å². The average molecular weight is 145 g/mol. The standard InChI is InChI=1S/C7H15NO2/c1-6(8)2-3-10-7-4-9-5-7/h6-7H,2-5,8H2,1H3. The predicted molar refractivity (Wildman–Crippen MR) is 38.8 cm³/mol. The Labute approximate surface area is 61.5 Å². The third-order valence-corrected chi connectivity index (χ3v) is 1.53. The highest BCUT2D eigenvalue weighted by atomic mass is 16.6. The lowest BCUT2D eigenvalue weighted by Gasteiger charge is -2.26. The van der Waals surface area contributed by atoms with Gasteiger partial charge in [-0.05, 0) is 13.3 Å². The molecule has 1 unspecified atom stereocenters. The van der Waals surface area contributed by atoms with Gasteiger partial charge in [0.2, 0.25) is 0 Å². The smallest absolute Gasteiger partial charge is 0.104 e. The van der Waals surface area contributed by atoms with Crippen LogP contribution in [0.3, 0.4) is 0 Å². The Balaban J connectivity index is 1.85. The fraction of sp³-hybridized carbons (Fsp3) is 1.00. The van der Waals surface area contributed by atoms with E-state index in [1.807, 2.05) is 6.92 Å². The van der Waals surface area contributed by atoms with Crippen molar-refractivity contribution in [1.29, 1.82) is 0 Å². The summed E-state index contributed by atoms with van der Waals surface area (Å²) in [7, 11) is 0. The highest BCUT2D eigenvalue weighted by Crippen LogP contribution is 2.05. The molecule has 3 nitrogen and oxygen atoms in total. The molecule has 1 aliphatic heterocycles. The maximum Gasteiger partial charge on any atom is 0.104 e. The van der Waals surface area contributed by atoms with Crippen LogP contribution in [0.4, 0.5) is 0 Å². The number of nitrogens with two attached hydrogens (primary N) is 1. The third kappa shape index (κ3) is 2.64. The van der Waals surface area contributed by atoms with E-state index in [4.69, 9.17) is 15.2 Å². The van der Waals surface area contributed by atoms with Crippen LogP contribution in [-0.4, -0.2) is 32.0 Å². The molecule has 0 saturated carbocycles. The van der Waals surface area contributed by atoms with Crippen LogP contribution in [0.2, 0.25) is 0 Å². The van der Waals surface area contributed by atoms with E-state index in [2.05, 4.69) is 0 Å². The Bertz CT molecular complexity index is 91.6. The van der Waals surface area contributed by atoms with Gasteiger partial charge in [-0.1, -0.05) is 0 Å². The van der Waals surface area contributed by atoms with Crippen molar-refractivity contribution in [3.8, 4) is 0 Å². The van der Waals surface area contributed by atoms with Crippen molar-refractivity contribution in [3.05, 3.63) is 0 Å². The first kappa shape index (κ1) is 7.98. The first-order valence-corrected chi connectivity index (χ1v) is 3.74. The molecule has 0 bridgehead atoms. The number of hydrogen-bond donors (Lipinski definition) is 1. The Morgan fingerprint density at radius 3 is 2.80 bits per heavy atom. The third-order valence-electron chi connectivity index (χ3n) is 1.53. The summed E-state index contributed by atoms with van der Waals surface area (Å²) < 4.78 is 10.3. The van der Waals surface area contributed by atoms with Gasteiger partial charge in [-0.15, -0.1) is 0 Å². The van der Waals surface area contributed by atoms with E-state index >= 15 is 0 Å². The van der Waals surface area contributed by atoms with E-state index in [9.17, 15) is 0 Å². The summed E-state index contributed by atoms with van der Waals surface area (Å²) in [4.78, 5) is 0. The van der Waals surface area contributed by atoms with Gasteiger partial charge in [0, 0.05) is 12.6 Å². The number of ether oxygens (including phenoxy) is 2. The monoisotopic (exact) mass is 145 g/mol. The molecular weight excluding hydrogens is 130 g/mol. The lowest BCUT2D eigenvalue weighted by atomic mass is 10.2. The fourth-order valence-corrected chi connectivity index (χ4v) is 0.731. The summed E-state index contributed by atoms with van der Waals surface area (Å²) >= 11 is 0. The minimum atomic E-state index is 0.251. The highest BCUT2D eigenvalue weighted by Gasteiger charge is 2.18. The first-order valence-electron chi connectivity index (χ1n) is 3.74. The van der Waals surface area contributed by atoms with Crippen LogP contribution in [-0.2, 0) is 9.47 Å². The molecular formula is C7H15NO2. The van der Waals surface area contributed by atoms with Gasteiger partial charge in [0.05, 0.1) is 13.2 Å². The predicted octanol–water partition coefficient (Wildman–Crippen LogP) is 0.139. The van der Waals surface area contributed by atoms with E-state index in [0.717, 1.165) is 26.2 Å². The molecule has 1 saturated heterocycles. The van der Waals surface area contributed by atoms with Crippen molar-refractivity contribution < 1.29 is 9.47 Å². The molecule has 1 aliphatic rings. The van der Waals surface area contributed by atoms with Crippen LogP contribution in [0, 0.1) is 0 Å². The Hall–Kier alpha value is -0.120. The largest absolute Gasteiger partial charge is 0.376 e. The molecule has 0 aromatic rings. The molecule has 0 radical (unpaired) electrons. The van der Waals surface area contributed by atoms with Crippen molar-refractivity contribution in [2.24, 2.45) is 5.73 Å². The highest BCUT2D eigenvalue weighted by molar-refractivity contribution is 4.64. The average Bonchev–Trinajstić information content (AvgIpc) is 1.75. The second-order valence-corrected chi connectivity index (χ2v) is 2.80. The lowest BCUT2D eigenvalue weighted by Crippen LogP contribution is -2.36. The number of rotatable bonds is 4. The van der Waals surface area contributed by atoms with Gasteiger partial charge in [-0.2, -0.15) is 0 Å². The van der Waals surface area contributed by atoms with Crippen LogP contribution in [0.5, 0.6) is 0 Å². The van der Waals surface area contributed by atoms with Crippen molar-refractivity contribution in [2.45, 2.75) is 25.5 Å². The van der Waals surface area contributed by atoms with Crippen LogP contribution < -0.4 is 5.73 Å². The van der Waals surface area contributed by atoms with Crippen molar-refractivity contribution >= 4 is 0 Å². The zero-order valence-corrected chi connectivity index (χ0v) is 6.38. The Morgan fingerprint density at radius 2 is 2.40 bits per heavy atom. The summed E-state index contributed by atoms with van der Waals surface area (Å²) in [5.74, 6) is 0. The molecule has 0 aliphatic carbocycles. The molecule has 0 aromatic carbocycles. The van der Waals surface area contributed by atoms with Crippen LogP contribution in [0.1, 0.15) is 13.3 Å². The summed E-state index contributed by atoms with van der Waals surface area (Å²) in [5, 5.41) is 0. The van der Waals surface area contributed by atoms with Gasteiger partial charge in [-0.25, -0.2) is 0 Å². The Kier molecular flexibility index (Phi) is 3.12. The molecule has 0 spiro atoms. The van der Waals surface area contributed by atoms with Gasteiger partial charge in [0.25, 0.3) is 0 Å². The topological polar surface area (TPSA) is 44.5 Å². The molecule has 1 heterocycles. The molecule has 1 fully saturated rings. The Morgan fingerprint density at radius 1 is 1.70 bits per heavy atom. The second-order valence-electron chi connectivity index (χ2n) is 2.80. The van der Waals surface area contributed by atoms with E-state index in [1.165, 1.54) is 0 Å². The summed E-state index contributed by atoms with van der Waals surface area (Å²) in [6.07, 6.45) is 1.29. The molecule has 1 atom stereocenters. The van der Waals surface area contributed by atoms with Gasteiger partial charge in [0.1, 0.15) is 6.10 Å². The van der Waals surface area contributed by atoms with Crippen molar-refractivity contribution in [1.82, 2.24) is 0 Å². The quantitative estimate of drug-likeness (QED) is 0.612. The van der Waals surface area contributed by atoms with Crippen molar-refractivity contribution in [3.63, 3.8) is 0 Å². The van der Waals surface area contributed by atoms with Crippen molar-refractivity contribution in [2.75, 3.05) is 19.8 Å². The van der Waals surface area contributed by atoms with E-state index in [-0.39, 0.29) is 6.04 Å². The lowest BCUT2D eigenvalue weighted by molar-refractivity contribution is -0.130. The van der Waals surface area contributed by atoms with Gasteiger partial charge in [-0.3, -0.25) is 0 Å². The van der Waals surface area contributed by atoms with Gasteiger partial charge < -0.3 is 15.2 Å². The van der Waals surface area contributed by atoms with E-state index in [1.54, 1.807) is 0 Å². The minimum Gasteiger partial charge on any atom is -0.376 e. The molecule has 0 aromatic heterocycles. The van der Waals surface area contributed by atoms with Gasteiger partial charge in [0.15, 0.2) is 0 Å². The minimum absolute atomic E-state index is 0.251. The second kappa shape index (κ2) is 3.91.